The van der Waals surface area contributed by atoms with E-state index in [0.717, 1.165) is 23.8 Å². The summed E-state index contributed by atoms with van der Waals surface area (Å²) in [6, 6.07) is 13.9. The van der Waals surface area contributed by atoms with Crippen molar-refractivity contribution in [3.63, 3.8) is 0 Å². The number of hydrogen-bond acceptors (Lipinski definition) is 5. The standard InChI is InChI=1S/C27H39N3O5S/c1-7-21(3)28-27(32)22(4)29(19-23-13-9-8-12-20(23)2)26(31)16-11-17-30(36(6,33)34)24-14-10-15-25(18-24)35-5/h8-10,12-15,18,21-22H,7,11,16-17,19H2,1-6H3,(H,28,32)/t21-,22+/m1/s1. The lowest BCUT2D eigenvalue weighted by atomic mass is 10.1. The van der Waals surface area contributed by atoms with Gasteiger partial charge in [0, 0.05) is 31.6 Å². The summed E-state index contributed by atoms with van der Waals surface area (Å²) in [5, 5.41) is 2.96. The van der Waals surface area contributed by atoms with Gasteiger partial charge in [0.05, 0.1) is 19.1 Å². The highest BCUT2D eigenvalue weighted by atomic mass is 32.2. The lowest BCUT2D eigenvalue weighted by Crippen LogP contribution is -2.49. The molecule has 0 saturated heterocycles. The van der Waals surface area contributed by atoms with Crippen molar-refractivity contribution < 1.29 is 22.7 Å². The summed E-state index contributed by atoms with van der Waals surface area (Å²) in [5.41, 5.74) is 2.47. The number of methoxy groups -OCH3 is 1. The number of sulfonamides is 1. The van der Waals surface area contributed by atoms with E-state index in [-0.39, 0.29) is 30.8 Å². The Morgan fingerprint density at radius 1 is 1.08 bits per heavy atom. The fraction of sp³-hybridized carbons (Fsp3) is 0.481. The Bertz CT molecular complexity index is 1140. The monoisotopic (exact) mass is 517 g/mol. The van der Waals surface area contributed by atoms with Crippen molar-refractivity contribution in [3.8, 4) is 5.75 Å². The normalized spacial score (nSPS) is 12.9. The number of benzene rings is 2. The number of amides is 2. The molecule has 0 spiro atoms. The number of carbonyl (C=O) groups excluding carboxylic acids is 2. The fourth-order valence-electron chi connectivity index (χ4n) is 3.79. The molecule has 198 valence electrons. The van der Waals surface area contributed by atoms with Gasteiger partial charge in [0.2, 0.25) is 21.8 Å². The summed E-state index contributed by atoms with van der Waals surface area (Å²) < 4.78 is 31.5. The number of hydrogen-bond donors (Lipinski definition) is 1. The lowest BCUT2D eigenvalue weighted by Gasteiger charge is -2.30. The molecule has 8 nitrogen and oxygen atoms in total. The number of rotatable bonds is 13. The zero-order valence-electron chi connectivity index (χ0n) is 22.2. The van der Waals surface area contributed by atoms with Crippen LogP contribution >= 0.6 is 0 Å². The molecule has 0 radical (unpaired) electrons. The lowest BCUT2D eigenvalue weighted by molar-refractivity contribution is -0.140. The molecule has 0 aromatic heterocycles. The molecule has 2 amide bonds. The molecule has 2 atom stereocenters. The van der Waals surface area contributed by atoms with Gasteiger partial charge in [-0.25, -0.2) is 8.42 Å². The van der Waals surface area contributed by atoms with Crippen molar-refractivity contribution in [1.29, 1.82) is 0 Å². The maximum Gasteiger partial charge on any atom is 0.242 e. The summed E-state index contributed by atoms with van der Waals surface area (Å²) >= 11 is 0. The first-order valence-corrected chi connectivity index (χ1v) is 14.1. The SMILES string of the molecule is CC[C@@H](C)NC(=O)[C@H](C)N(Cc1ccccc1C)C(=O)CCCN(c1cccc(OC)c1)S(C)(=O)=O. The first kappa shape index (κ1) is 29.2. The minimum atomic E-state index is -3.57. The smallest absolute Gasteiger partial charge is 0.242 e. The van der Waals surface area contributed by atoms with Crippen LogP contribution in [0.5, 0.6) is 5.75 Å². The van der Waals surface area contributed by atoms with Crippen molar-refractivity contribution >= 4 is 27.5 Å². The minimum absolute atomic E-state index is 0.00143. The van der Waals surface area contributed by atoms with Crippen molar-refractivity contribution in [2.45, 2.75) is 65.6 Å². The topological polar surface area (TPSA) is 96.0 Å². The van der Waals surface area contributed by atoms with E-state index in [1.807, 2.05) is 45.0 Å². The molecular weight excluding hydrogens is 478 g/mol. The predicted molar refractivity (Wildman–Crippen MR) is 144 cm³/mol. The molecule has 1 N–H and O–H groups in total. The van der Waals surface area contributed by atoms with Crippen molar-refractivity contribution in [2.75, 3.05) is 24.2 Å². The van der Waals surface area contributed by atoms with Gasteiger partial charge >= 0.3 is 0 Å². The van der Waals surface area contributed by atoms with Crippen LogP contribution < -0.4 is 14.4 Å². The van der Waals surface area contributed by atoms with E-state index < -0.39 is 16.1 Å². The van der Waals surface area contributed by atoms with Crippen LogP contribution in [0.15, 0.2) is 48.5 Å². The Morgan fingerprint density at radius 3 is 2.39 bits per heavy atom. The van der Waals surface area contributed by atoms with Crippen LogP contribution in [-0.4, -0.2) is 57.1 Å². The van der Waals surface area contributed by atoms with Crippen molar-refractivity contribution in [1.82, 2.24) is 10.2 Å². The number of carbonyl (C=O) groups is 2. The van der Waals surface area contributed by atoms with Crippen LogP contribution in [0.3, 0.4) is 0 Å². The quantitative estimate of drug-likeness (QED) is 0.435. The van der Waals surface area contributed by atoms with Crippen LogP contribution in [0.2, 0.25) is 0 Å². The molecule has 0 aliphatic heterocycles. The summed E-state index contributed by atoms with van der Waals surface area (Å²) in [5.74, 6) is 0.132. The van der Waals surface area contributed by atoms with Gasteiger partial charge < -0.3 is 15.0 Å². The number of ether oxygens (including phenoxy) is 1. The van der Waals surface area contributed by atoms with Crippen LogP contribution in [0.1, 0.15) is 51.2 Å². The molecule has 0 heterocycles. The fourth-order valence-corrected chi connectivity index (χ4v) is 4.75. The number of aryl methyl sites for hydroxylation is 1. The van der Waals surface area contributed by atoms with Gasteiger partial charge in [-0.05, 0) is 56.9 Å². The first-order chi connectivity index (χ1) is 17.0. The Balaban J connectivity index is 2.19. The second-order valence-electron chi connectivity index (χ2n) is 9.08. The third-order valence-electron chi connectivity index (χ3n) is 6.26. The molecule has 0 bridgehead atoms. The summed E-state index contributed by atoms with van der Waals surface area (Å²) in [7, 11) is -2.05. The van der Waals surface area contributed by atoms with E-state index >= 15 is 0 Å². The van der Waals surface area contributed by atoms with Gasteiger partial charge in [-0.3, -0.25) is 13.9 Å². The zero-order valence-corrected chi connectivity index (χ0v) is 23.0. The zero-order chi connectivity index (χ0) is 26.9. The van der Waals surface area contributed by atoms with Gasteiger partial charge in [0.25, 0.3) is 0 Å². The average molecular weight is 518 g/mol. The largest absolute Gasteiger partial charge is 0.497 e. The molecular formula is C27H39N3O5S. The van der Waals surface area contributed by atoms with Gasteiger partial charge in [0.1, 0.15) is 11.8 Å². The molecule has 2 aromatic rings. The summed E-state index contributed by atoms with van der Waals surface area (Å²) in [6.45, 7) is 8.04. The van der Waals surface area contributed by atoms with Crippen LogP contribution in [0.25, 0.3) is 0 Å². The Hall–Kier alpha value is -3.07. The number of nitrogens with one attached hydrogen (secondary N) is 1. The second-order valence-corrected chi connectivity index (χ2v) is 11.0. The van der Waals surface area contributed by atoms with E-state index in [0.29, 0.717) is 24.4 Å². The Kier molecular flexibility index (Phi) is 10.8. The molecule has 2 aromatic carbocycles. The maximum atomic E-state index is 13.4. The highest BCUT2D eigenvalue weighted by Crippen LogP contribution is 2.24. The first-order valence-electron chi connectivity index (χ1n) is 12.2. The van der Waals surface area contributed by atoms with E-state index in [2.05, 4.69) is 5.32 Å². The molecule has 2 rings (SSSR count). The molecule has 0 aliphatic carbocycles. The Labute approximate surface area is 215 Å². The predicted octanol–water partition coefficient (Wildman–Crippen LogP) is 3.88. The van der Waals surface area contributed by atoms with Crippen molar-refractivity contribution in [3.05, 3.63) is 59.7 Å². The van der Waals surface area contributed by atoms with E-state index in [9.17, 15) is 18.0 Å². The van der Waals surface area contributed by atoms with Gasteiger partial charge in [0.15, 0.2) is 0 Å². The maximum absolute atomic E-state index is 13.4. The third kappa shape index (κ3) is 8.26. The molecule has 0 unspecified atom stereocenters. The Morgan fingerprint density at radius 2 is 1.78 bits per heavy atom. The van der Waals surface area contributed by atoms with Gasteiger partial charge in [-0.1, -0.05) is 37.3 Å². The van der Waals surface area contributed by atoms with E-state index in [4.69, 9.17) is 4.74 Å². The van der Waals surface area contributed by atoms with Crippen LogP contribution in [-0.2, 0) is 26.2 Å². The molecule has 0 saturated carbocycles. The molecule has 0 fully saturated rings. The van der Waals surface area contributed by atoms with E-state index in [1.54, 1.807) is 36.1 Å². The second kappa shape index (κ2) is 13.3. The number of anilines is 1. The van der Waals surface area contributed by atoms with Gasteiger partial charge in [-0.15, -0.1) is 0 Å². The summed E-state index contributed by atoms with van der Waals surface area (Å²) in [6.07, 6.45) is 2.33. The van der Waals surface area contributed by atoms with Crippen LogP contribution in [0.4, 0.5) is 5.69 Å². The number of nitrogens with zero attached hydrogens (tertiary/aromatic N) is 2. The summed E-state index contributed by atoms with van der Waals surface area (Å²) in [4.78, 5) is 27.9. The highest BCUT2D eigenvalue weighted by molar-refractivity contribution is 7.92. The van der Waals surface area contributed by atoms with Crippen LogP contribution in [0, 0.1) is 6.92 Å². The molecule has 9 heteroatoms. The molecule has 36 heavy (non-hydrogen) atoms. The third-order valence-corrected chi connectivity index (χ3v) is 7.46. The van der Waals surface area contributed by atoms with Gasteiger partial charge in [-0.2, -0.15) is 0 Å². The van der Waals surface area contributed by atoms with Crippen molar-refractivity contribution in [2.24, 2.45) is 0 Å². The minimum Gasteiger partial charge on any atom is -0.497 e. The van der Waals surface area contributed by atoms with E-state index in [1.165, 1.54) is 11.4 Å². The average Bonchev–Trinajstić information content (AvgIpc) is 2.84. The highest BCUT2D eigenvalue weighted by Gasteiger charge is 2.27. The molecule has 0 aliphatic rings.